The van der Waals surface area contributed by atoms with Gasteiger partial charge < -0.3 is 20.9 Å². The largest absolute Gasteiger partial charge is 0.416 e. The molecule has 29 heavy (non-hydrogen) atoms. The van der Waals surface area contributed by atoms with E-state index in [0.717, 1.165) is 4.68 Å². The van der Waals surface area contributed by atoms with Crippen LogP contribution in [0.1, 0.15) is 11.3 Å². The van der Waals surface area contributed by atoms with E-state index in [9.17, 15) is 17.6 Å². The molecule has 4 N–H and O–H groups in total. The second-order valence-electron chi connectivity index (χ2n) is 5.47. The van der Waals surface area contributed by atoms with Crippen LogP contribution in [0, 0.1) is 17.1 Å². The Kier molecular flexibility index (Phi) is 8.90. The lowest BCUT2D eigenvalue weighted by Gasteiger charge is -2.12. The first-order valence-corrected chi connectivity index (χ1v) is 8.16. The maximum absolute atomic E-state index is 14.0. The second-order valence-corrected chi connectivity index (χ2v) is 5.88. The zero-order valence-corrected chi connectivity index (χ0v) is 16.2. The Morgan fingerprint density at radius 3 is 2.45 bits per heavy atom. The molecule has 0 aliphatic carbocycles. The first-order valence-electron chi connectivity index (χ1n) is 7.78. The fourth-order valence-electron chi connectivity index (χ4n) is 2.07. The summed E-state index contributed by atoms with van der Waals surface area (Å²) < 4.78 is 62.1. The van der Waals surface area contributed by atoms with Crippen LogP contribution in [0.3, 0.4) is 0 Å². The van der Waals surface area contributed by atoms with Crippen LogP contribution in [0.5, 0.6) is 0 Å². The van der Waals surface area contributed by atoms with Crippen molar-refractivity contribution in [1.82, 2.24) is 9.78 Å². The van der Waals surface area contributed by atoms with Crippen molar-refractivity contribution in [3.63, 3.8) is 0 Å². The molecule has 0 radical (unpaired) electrons. The Morgan fingerprint density at radius 2 is 1.97 bits per heavy atom. The van der Waals surface area contributed by atoms with Crippen molar-refractivity contribution in [2.24, 2.45) is 5.73 Å². The summed E-state index contributed by atoms with van der Waals surface area (Å²) in [6.07, 6.45) is -3.44. The Balaban J connectivity index is 0.000000447. The predicted molar refractivity (Wildman–Crippen MR) is 98.4 cm³/mol. The number of rotatable bonds is 5. The Morgan fingerprint density at radius 1 is 1.31 bits per heavy atom. The van der Waals surface area contributed by atoms with Crippen LogP contribution in [0.25, 0.3) is 5.69 Å². The summed E-state index contributed by atoms with van der Waals surface area (Å²) >= 11 is 5.75. The zero-order chi connectivity index (χ0) is 22.2. The molecule has 2 rings (SSSR count). The molecule has 0 aliphatic heterocycles. The van der Waals surface area contributed by atoms with Gasteiger partial charge in [-0.3, -0.25) is 0 Å². The number of halogens is 5. The van der Waals surface area contributed by atoms with Crippen LogP contribution in [-0.4, -0.2) is 30.6 Å². The van der Waals surface area contributed by atoms with E-state index in [-0.39, 0.29) is 18.1 Å². The predicted octanol–water partition coefficient (Wildman–Crippen LogP) is 3.41. The van der Waals surface area contributed by atoms with Crippen LogP contribution in [-0.2, 0) is 22.3 Å². The van der Waals surface area contributed by atoms with Gasteiger partial charge in [0.25, 0.3) is 0 Å². The fourth-order valence-corrected chi connectivity index (χ4v) is 2.36. The summed E-state index contributed by atoms with van der Waals surface area (Å²) in [6, 6.07) is 4.17. The minimum atomic E-state index is -4.69. The maximum Gasteiger partial charge on any atom is 0.416 e. The van der Waals surface area contributed by atoms with Gasteiger partial charge in [-0.2, -0.15) is 23.5 Å². The molecule has 12 heteroatoms. The van der Waals surface area contributed by atoms with Crippen molar-refractivity contribution in [1.29, 1.82) is 5.26 Å². The van der Waals surface area contributed by atoms with E-state index in [4.69, 9.17) is 33.1 Å². The minimum absolute atomic E-state index is 0.0302. The Labute approximate surface area is 169 Å². The number of nitrogen functional groups attached to an aromatic ring is 1. The summed E-state index contributed by atoms with van der Waals surface area (Å²) in [6.45, 7) is 0.449. The van der Waals surface area contributed by atoms with Gasteiger partial charge in [0.15, 0.2) is 5.82 Å². The van der Waals surface area contributed by atoms with Crippen LogP contribution in [0.4, 0.5) is 23.4 Å². The molecule has 0 saturated carbocycles. The topological polar surface area (TPSA) is 112 Å². The summed E-state index contributed by atoms with van der Waals surface area (Å²) in [4.78, 5) is 0. The molecule has 0 spiro atoms. The average molecular weight is 436 g/mol. The van der Waals surface area contributed by atoms with Crippen molar-refractivity contribution in [2.75, 3.05) is 26.6 Å². The third-order valence-electron chi connectivity index (χ3n) is 3.20. The van der Waals surface area contributed by atoms with Crippen molar-refractivity contribution in [2.45, 2.75) is 12.8 Å². The van der Waals surface area contributed by atoms with Crippen LogP contribution in [0.15, 0.2) is 30.0 Å². The highest BCUT2D eigenvalue weighted by atomic mass is 35.5. The smallest absolute Gasteiger partial charge is 0.400 e. The molecule has 0 bridgehead atoms. The van der Waals surface area contributed by atoms with Crippen molar-refractivity contribution >= 4 is 17.4 Å². The minimum Gasteiger partial charge on any atom is -0.400 e. The van der Waals surface area contributed by atoms with Gasteiger partial charge in [0, 0.05) is 32.1 Å². The first-order chi connectivity index (χ1) is 13.5. The van der Waals surface area contributed by atoms with Crippen molar-refractivity contribution in [3.8, 4) is 11.8 Å². The molecule has 7 nitrogen and oxygen atoms in total. The number of methoxy groups -OCH3 is 2. The standard InChI is InChI=1S/C12H10ClF4N3O.C5H8N2O/c1-21-5-7-4-10(18)20(19-7)11-8(13)2-6(3-9(11)14)12(15,16)17;1-8-4-5(7)2-3-6/h2-4H,5,18H2,1H3;2H,4,7H2,1H3. The van der Waals surface area contributed by atoms with Gasteiger partial charge in [-0.1, -0.05) is 11.6 Å². The van der Waals surface area contributed by atoms with Gasteiger partial charge in [0.05, 0.1) is 35.6 Å². The number of benzene rings is 1. The third kappa shape index (κ3) is 6.94. The summed E-state index contributed by atoms with van der Waals surface area (Å²) in [5, 5.41) is 11.5. The quantitative estimate of drug-likeness (QED) is 0.549. The molecule has 0 amide bonds. The molecule has 0 aliphatic rings. The number of nitriles is 1. The highest BCUT2D eigenvalue weighted by molar-refractivity contribution is 6.32. The van der Waals surface area contributed by atoms with E-state index in [0.29, 0.717) is 30.1 Å². The second kappa shape index (κ2) is 10.7. The number of nitrogens with zero attached hydrogens (tertiary/aromatic N) is 3. The molecule has 158 valence electrons. The van der Waals surface area contributed by atoms with Gasteiger partial charge in [0.2, 0.25) is 0 Å². The summed E-state index contributed by atoms with van der Waals surface area (Å²) in [5.41, 5.74) is 10.2. The van der Waals surface area contributed by atoms with E-state index >= 15 is 0 Å². The molecule has 2 aromatic rings. The molecular formula is C17H18ClF4N5O2. The number of nitrogens with two attached hydrogens (primary N) is 2. The van der Waals surface area contributed by atoms with Gasteiger partial charge in [-0.05, 0) is 12.1 Å². The molecule has 1 heterocycles. The van der Waals surface area contributed by atoms with Crippen LogP contribution in [0.2, 0.25) is 5.02 Å². The van der Waals surface area contributed by atoms with Crippen molar-refractivity contribution < 1.29 is 27.0 Å². The van der Waals surface area contributed by atoms with Gasteiger partial charge in [0.1, 0.15) is 11.5 Å². The third-order valence-corrected chi connectivity index (χ3v) is 3.48. The lowest BCUT2D eigenvalue weighted by Crippen LogP contribution is -2.10. The highest BCUT2D eigenvalue weighted by Crippen LogP contribution is 2.35. The van der Waals surface area contributed by atoms with E-state index in [2.05, 4.69) is 9.84 Å². The Hall–Kier alpha value is -2.81. The van der Waals surface area contributed by atoms with E-state index in [1.54, 1.807) is 6.07 Å². The van der Waals surface area contributed by atoms with Gasteiger partial charge in [-0.25, -0.2) is 9.07 Å². The lowest BCUT2D eigenvalue weighted by molar-refractivity contribution is -0.137. The van der Waals surface area contributed by atoms with E-state index in [1.165, 1.54) is 26.4 Å². The SMILES string of the molecule is COCC(N)=CC#N.COCc1cc(N)n(-c2c(F)cc(C(F)(F)F)cc2Cl)n1. The van der Waals surface area contributed by atoms with E-state index < -0.39 is 22.6 Å². The number of ether oxygens (including phenoxy) is 2. The molecule has 0 saturated heterocycles. The average Bonchev–Trinajstić information content (AvgIpc) is 2.95. The summed E-state index contributed by atoms with van der Waals surface area (Å²) in [7, 11) is 2.96. The molecule has 1 aromatic carbocycles. The van der Waals surface area contributed by atoms with Crippen LogP contribution < -0.4 is 11.5 Å². The number of aromatic nitrogens is 2. The van der Waals surface area contributed by atoms with Gasteiger partial charge in [-0.15, -0.1) is 0 Å². The van der Waals surface area contributed by atoms with Crippen LogP contribution >= 0.6 is 11.6 Å². The number of anilines is 1. The molecule has 1 aromatic heterocycles. The molecule has 0 fully saturated rings. The normalized spacial score (nSPS) is 11.6. The molecule has 0 atom stereocenters. The number of allylic oxidation sites excluding steroid dienone is 1. The maximum atomic E-state index is 14.0. The van der Waals surface area contributed by atoms with Crippen molar-refractivity contribution in [3.05, 3.63) is 52.1 Å². The lowest BCUT2D eigenvalue weighted by atomic mass is 10.2. The Bertz CT molecular complexity index is 883. The highest BCUT2D eigenvalue weighted by Gasteiger charge is 2.32. The monoisotopic (exact) mass is 435 g/mol. The fraction of sp³-hybridized carbons (Fsp3) is 0.294. The molecule has 0 unspecified atom stereocenters. The summed E-state index contributed by atoms with van der Waals surface area (Å²) in [5.74, 6) is -1.14. The van der Waals surface area contributed by atoms with E-state index in [1.807, 2.05) is 0 Å². The zero-order valence-electron chi connectivity index (χ0n) is 15.4. The van der Waals surface area contributed by atoms with Gasteiger partial charge >= 0.3 is 6.18 Å². The number of hydrogen-bond acceptors (Lipinski definition) is 6. The first kappa shape index (κ1) is 24.2. The molecular weight excluding hydrogens is 418 g/mol. The number of alkyl halides is 3. The number of hydrogen-bond donors (Lipinski definition) is 2.